The Kier molecular flexibility index (Phi) is 2.83. The number of fused-ring (bicyclic) bond motifs is 1. The molecule has 0 spiro atoms. The van der Waals surface area contributed by atoms with Crippen LogP contribution in [0.25, 0.3) is 0 Å². The predicted octanol–water partition coefficient (Wildman–Crippen LogP) is 0.786. The molecule has 0 fully saturated rings. The maximum atomic E-state index is 11.9. The van der Waals surface area contributed by atoms with Crippen LogP contribution >= 0.6 is 11.3 Å². The van der Waals surface area contributed by atoms with Crippen molar-refractivity contribution in [3.8, 4) is 0 Å². The molecule has 1 amide bonds. The summed E-state index contributed by atoms with van der Waals surface area (Å²) >= 11 is 1.41. The van der Waals surface area contributed by atoms with Crippen molar-refractivity contribution in [3.63, 3.8) is 0 Å². The van der Waals surface area contributed by atoms with Crippen molar-refractivity contribution in [1.29, 1.82) is 0 Å². The van der Waals surface area contributed by atoms with Gasteiger partial charge in [0.2, 0.25) is 0 Å². The summed E-state index contributed by atoms with van der Waals surface area (Å²) in [5, 5.41) is 0.841. The zero-order valence-corrected chi connectivity index (χ0v) is 9.22. The molecule has 2 rings (SSSR count). The van der Waals surface area contributed by atoms with E-state index >= 15 is 0 Å². The Balaban J connectivity index is 2.28. The molecule has 0 bridgehead atoms. The number of hydrogen-bond acceptors (Lipinski definition) is 4. The van der Waals surface area contributed by atoms with Gasteiger partial charge in [-0.05, 0) is 0 Å². The van der Waals surface area contributed by atoms with Crippen LogP contribution in [0.1, 0.15) is 20.4 Å². The zero-order chi connectivity index (χ0) is 10.8. The smallest absolute Gasteiger partial charge is 0.266 e. The fourth-order valence-electron chi connectivity index (χ4n) is 1.64. The molecule has 2 heterocycles. The van der Waals surface area contributed by atoms with Crippen LogP contribution in [0.4, 0.5) is 0 Å². The number of aromatic nitrogens is 1. The van der Waals surface area contributed by atoms with Gasteiger partial charge in [0, 0.05) is 26.1 Å². The molecule has 0 atom stereocenters. The number of rotatable bonds is 3. The predicted molar refractivity (Wildman–Crippen MR) is 59.8 cm³/mol. The lowest BCUT2D eigenvalue weighted by molar-refractivity contribution is 0.0763. The van der Waals surface area contributed by atoms with Crippen molar-refractivity contribution >= 4 is 17.2 Å². The van der Waals surface area contributed by atoms with E-state index in [0.717, 1.165) is 28.5 Å². The van der Waals surface area contributed by atoms with Crippen LogP contribution in [0, 0.1) is 0 Å². The van der Waals surface area contributed by atoms with Gasteiger partial charge >= 0.3 is 0 Å². The third-order valence-corrected chi connectivity index (χ3v) is 3.47. The van der Waals surface area contributed by atoms with Crippen molar-refractivity contribution in [3.05, 3.63) is 28.2 Å². The van der Waals surface area contributed by atoms with E-state index in [2.05, 4.69) is 11.6 Å². The van der Waals surface area contributed by atoms with Crippen molar-refractivity contribution < 1.29 is 4.79 Å². The highest BCUT2D eigenvalue weighted by molar-refractivity contribution is 7.13. The lowest BCUT2D eigenvalue weighted by Crippen LogP contribution is -2.36. The topological polar surface area (TPSA) is 59.2 Å². The molecule has 5 heteroatoms. The Bertz CT molecular complexity index is 399. The minimum absolute atomic E-state index is 0.0633. The Morgan fingerprint density at radius 3 is 3.13 bits per heavy atom. The molecular weight excluding hydrogens is 210 g/mol. The fraction of sp³-hybridized carbons (Fsp3) is 0.400. The lowest BCUT2D eigenvalue weighted by Gasteiger charge is -2.24. The van der Waals surface area contributed by atoms with Gasteiger partial charge < -0.3 is 10.6 Å². The molecule has 1 aliphatic rings. The Hall–Kier alpha value is -1.20. The number of nitrogens with two attached hydrogens (primary N) is 1. The first-order valence-corrected chi connectivity index (χ1v) is 5.66. The first kappa shape index (κ1) is 10.3. The van der Waals surface area contributed by atoms with Crippen molar-refractivity contribution in [2.45, 2.75) is 13.0 Å². The highest BCUT2D eigenvalue weighted by atomic mass is 32.1. The standard InChI is InChI=1S/C10H13N3OS/c1-2-4-13-5-3-7-9(10(13)14)15-8(6-11)12-7/h2H,1,3-6,11H2. The largest absolute Gasteiger partial charge is 0.334 e. The second-order valence-corrected chi connectivity index (χ2v) is 4.46. The summed E-state index contributed by atoms with van der Waals surface area (Å²) in [4.78, 5) is 18.8. The molecule has 0 unspecified atom stereocenters. The number of carbonyl (C=O) groups excluding carboxylic acids is 1. The second kappa shape index (κ2) is 4.12. The molecule has 1 aromatic rings. The highest BCUT2D eigenvalue weighted by Gasteiger charge is 2.26. The summed E-state index contributed by atoms with van der Waals surface area (Å²) in [7, 11) is 0. The summed E-state index contributed by atoms with van der Waals surface area (Å²) in [6.45, 7) is 5.38. The van der Waals surface area contributed by atoms with E-state index in [1.165, 1.54) is 11.3 Å². The highest BCUT2D eigenvalue weighted by Crippen LogP contribution is 2.24. The van der Waals surface area contributed by atoms with E-state index in [1.807, 2.05) is 0 Å². The van der Waals surface area contributed by atoms with Gasteiger partial charge in [-0.2, -0.15) is 0 Å². The third-order valence-electron chi connectivity index (χ3n) is 2.37. The van der Waals surface area contributed by atoms with Gasteiger partial charge in [0.1, 0.15) is 9.88 Å². The Morgan fingerprint density at radius 2 is 2.47 bits per heavy atom. The maximum absolute atomic E-state index is 11.9. The van der Waals surface area contributed by atoms with Gasteiger partial charge in [-0.3, -0.25) is 4.79 Å². The minimum Gasteiger partial charge on any atom is -0.334 e. The molecule has 1 aliphatic heterocycles. The molecule has 0 aliphatic carbocycles. The van der Waals surface area contributed by atoms with Crippen molar-refractivity contribution in [1.82, 2.24) is 9.88 Å². The van der Waals surface area contributed by atoms with Gasteiger partial charge in [0.05, 0.1) is 5.69 Å². The summed E-state index contributed by atoms with van der Waals surface area (Å²) < 4.78 is 0. The Labute approximate surface area is 92.4 Å². The van der Waals surface area contributed by atoms with E-state index in [0.29, 0.717) is 13.1 Å². The molecule has 4 nitrogen and oxygen atoms in total. The normalized spacial score (nSPS) is 15.3. The van der Waals surface area contributed by atoms with Crippen LogP contribution < -0.4 is 5.73 Å². The van der Waals surface area contributed by atoms with E-state index in [9.17, 15) is 4.79 Å². The Morgan fingerprint density at radius 1 is 1.67 bits per heavy atom. The van der Waals surface area contributed by atoms with Gasteiger partial charge in [0.25, 0.3) is 5.91 Å². The van der Waals surface area contributed by atoms with E-state index < -0.39 is 0 Å². The molecule has 0 aromatic carbocycles. The van der Waals surface area contributed by atoms with E-state index in [1.54, 1.807) is 11.0 Å². The fourth-order valence-corrected chi connectivity index (χ4v) is 2.60. The van der Waals surface area contributed by atoms with Gasteiger partial charge in [-0.1, -0.05) is 6.08 Å². The van der Waals surface area contributed by atoms with Crippen LogP contribution in [-0.4, -0.2) is 28.9 Å². The van der Waals surface area contributed by atoms with Crippen LogP contribution in [-0.2, 0) is 13.0 Å². The zero-order valence-electron chi connectivity index (χ0n) is 8.40. The quantitative estimate of drug-likeness (QED) is 0.771. The van der Waals surface area contributed by atoms with Gasteiger partial charge in [-0.25, -0.2) is 4.98 Å². The van der Waals surface area contributed by atoms with Crippen molar-refractivity contribution in [2.24, 2.45) is 5.73 Å². The molecular formula is C10H13N3OS. The first-order chi connectivity index (χ1) is 7.26. The molecule has 0 saturated heterocycles. The number of nitrogens with zero attached hydrogens (tertiary/aromatic N) is 2. The summed E-state index contributed by atoms with van der Waals surface area (Å²) in [6.07, 6.45) is 2.57. The lowest BCUT2D eigenvalue weighted by atomic mass is 10.1. The molecule has 0 radical (unpaired) electrons. The number of thiazole rings is 1. The number of hydrogen-bond donors (Lipinski definition) is 1. The maximum Gasteiger partial charge on any atom is 0.266 e. The van der Waals surface area contributed by atoms with Crippen LogP contribution in [0.15, 0.2) is 12.7 Å². The van der Waals surface area contributed by atoms with E-state index in [4.69, 9.17) is 5.73 Å². The van der Waals surface area contributed by atoms with Crippen LogP contribution in [0.5, 0.6) is 0 Å². The molecule has 1 aromatic heterocycles. The molecule has 15 heavy (non-hydrogen) atoms. The average Bonchev–Trinajstić information content (AvgIpc) is 2.66. The van der Waals surface area contributed by atoms with Gasteiger partial charge in [-0.15, -0.1) is 17.9 Å². The average molecular weight is 223 g/mol. The third kappa shape index (κ3) is 1.80. The summed E-state index contributed by atoms with van der Waals surface area (Å²) in [5.41, 5.74) is 6.42. The summed E-state index contributed by atoms with van der Waals surface area (Å²) in [5.74, 6) is 0.0633. The summed E-state index contributed by atoms with van der Waals surface area (Å²) in [6, 6.07) is 0. The van der Waals surface area contributed by atoms with Gasteiger partial charge in [0.15, 0.2) is 0 Å². The first-order valence-electron chi connectivity index (χ1n) is 4.85. The van der Waals surface area contributed by atoms with Crippen molar-refractivity contribution in [2.75, 3.05) is 13.1 Å². The van der Waals surface area contributed by atoms with Crippen LogP contribution in [0.3, 0.4) is 0 Å². The SMILES string of the molecule is C=CCN1CCc2nc(CN)sc2C1=O. The molecule has 0 saturated carbocycles. The number of carbonyl (C=O) groups is 1. The monoisotopic (exact) mass is 223 g/mol. The van der Waals surface area contributed by atoms with E-state index in [-0.39, 0.29) is 5.91 Å². The second-order valence-electron chi connectivity index (χ2n) is 3.38. The number of amides is 1. The molecule has 2 N–H and O–H groups in total. The van der Waals surface area contributed by atoms with Crippen LogP contribution in [0.2, 0.25) is 0 Å². The molecule has 80 valence electrons. The minimum atomic E-state index is 0.0633.